The minimum atomic E-state index is 0.752. The number of aryl methyl sites for hydroxylation is 1. The van der Waals surface area contributed by atoms with Gasteiger partial charge in [0.1, 0.15) is 5.82 Å². The Bertz CT molecular complexity index is 331. The van der Waals surface area contributed by atoms with E-state index in [-0.39, 0.29) is 0 Å². The van der Waals surface area contributed by atoms with Gasteiger partial charge in [-0.05, 0) is 48.3 Å². The molecule has 1 aromatic heterocycles. The van der Waals surface area contributed by atoms with E-state index in [2.05, 4.69) is 45.7 Å². The van der Waals surface area contributed by atoms with Crippen molar-refractivity contribution in [2.24, 2.45) is 0 Å². The van der Waals surface area contributed by atoms with Gasteiger partial charge in [-0.3, -0.25) is 0 Å². The molecule has 0 saturated carbocycles. The van der Waals surface area contributed by atoms with E-state index in [0.717, 1.165) is 36.6 Å². The van der Waals surface area contributed by atoms with Gasteiger partial charge in [0, 0.05) is 30.4 Å². The zero-order valence-corrected chi connectivity index (χ0v) is 11.7. The molecule has 90 valence electrons. The van der Waals surface area contributed by atoms with Crippen LogP contribution in [-0.4, -0.2) is 31.3 Å². The number of nitrogens with zero attached hydrogens (tertiary/aromatic N) is 2. The molecule has 0 spiro atoms. The normalized spacial score (nSPS) is 10.5. The number of hydrogen-bond acceptors (Lipinski definition) is 3. The Balaban J connectivity index is 2.70. The lowest BCUT2D eigenvalue weighted by molar-refractivity contribution is 0.154. The molecule has 0 aliphatic rings. The largest absolute Gasteiger partial charge is 0.380 e. The summed E-state index contributed by atoms with van der Waals surface area (Å²) in [5, 5.41) is 0. The molecule has 0 bridgehead atoms. The quantitative estimate of drug-likeness (QED) is 0.752. The molecule has 0 fully saturated rings. The van der Waals surface area contributed by atoms with Gasteiger partial charge in [-0.1, -0.05) is 0 Å². The molecule has 0 amide bonds. The van der Waals surface area contributed by atoms with Crippen LogP contribution in [0.1, 0.15) is 19.4 Å². The molecule has 0 atom stereocenters. The van der Waals surface area contributed by atoms with Crippen molar-refractivity contribution in [3.63, 3.8) is 0 Å². The molecule has 0 N–H and O–H groups in total. The topological polar surface area (TPSA) is 25.4 Å². The fourth-order valence-electron chi connectivity index (χ4n) is 1.60. The SMILES string of the molecule is CCOCCN(CC)c1ncc(Br)cc1C. The number of pyridine rings is 1. The highest BCUT2D eigenvalue weighted by Gasteiger charge is 2.08. The maximum absolute atomic E-state index is 5.37. The number of aromatic nitrogens is 1. The van der Waals surface area contributed by atoms with Crippen molar-refractivity contribution in [1.29, 1.82) is 0 Å². The Morgan fingerprint density at radius 1 is 1.44 bits per heavy atom. The zero-order valence-electron chi connectivity index (χ0n) is 10.2. The second-order valence-electron chi connectivity index (χ2n) is 3.57. The highest BCUT2D eigenvalue weighted by molar-refractivity contribution is 9.10. The molecule has 0 saturated heterocycles. The van der Waals surface area contributed by atoms with Crippen LogP contribution in [0.5, 0.6) is 0 Å². The number of likely N-dealkylation sites (N-methyl/N-ethyl adjacent to an activating group) is 1. The molecule has 3 nitrogen and oxygen atoms in total. The van der Waals surface area contributed by atoms with E-state index in [1.54, 1.807) is 0 Å². The van der Waals surface area contributed by atoms with E-state index in [1.807, 2.05) is 13.1 Å². The average Bonchev–Trinajstić information content (AvgIpc) is 2.26. The summed E-state index contributed by atoms with van der Waals surface area (Å²) in [6.07, 6.45) is 1.84. The van der Waals surface area contributed by atoms with Gasteiger partial charge in [0.15, 0.2) is 0 Å². The molecule has 1 rings (SSSR count). The van der Waals surface area contributed by atoms with Gasteiger partial charge < -0.3 is 9.64 Å². The smallest absolute Gasteiger partial charge is 0.131 e. The summed E-state index contributed by atoms with van der Waals surface area (Å²) >= 11 is 3.43. The Hall–Kier alpha value is -0.610. The van der Waals surface area contributed by atoms with E-state index in [4.69, 9.17) is 4.74 Å². The van der Waals surface area contributed by atoms with Crippen LogP contribution in [0.3, 0.4) is 0 Å². The molecule has 0 aliphatic heterocycles. The van der Waals surface area contributed by atoms with Gasteiger partial charge in [-0.15, -0.1) is 0 Å². The van der Waals surface area contributed by atoms with Crippen molar-refractivity contribution in [2.75, 3.05) is 31.2 Å². The fourth-order valence-corrected chi connectivity index (χ4v) is 2.04. The molecule has 0 radical (unpaired) electrons. The summed E-state index contributed by atoms with van der Waals surface area (Å²) < 4.78 is 6.39. The molecule has 0 aromatic carbocycles. The van der Waals surface area contributed by atoms with Crippen molar-refractivity contribution >= 4 is 21.7 Å². The second kappa shape index (κ2) is 6.86. The Morgan fingerprint density at radius 3 is 2.75 bits per heavy atom. The van der Waals surface area contributed by atoms with Gasteiger partial charge in [-0.2, -0.15) is 0 Å². The van der Waals surface area contributed by atoms with Crippen LogP contribution in [0.25, 0.3) is 0 Å². The lowest BCUT2D eigenvalue weighted by Gasteiger charge is -2.23. The number of anilines is 1. The predicted octanol–water partition coefficient (Wildman–Crippen LogP) is 3.02. The van der Waals surface area contributed by atoms with Crippen LogP contribution in [-0.2, 0) is 4.74 Å². The number of halogens is 1. The van der Waals surface area contributed by atoms with Crippen molar-refractivity contribution in [3.8, 4) is 0 Å². The molecule has 16 heavy (non-hydrogen) atoms. The van der Waals surface area contributed by atoms with Crippen LogP contribution in [0.2, 0.25) is 0 Å². The lowest BCUT2D eigenvalue weighted by atomic mass is 10.2. The van der Waals surface area contributed by atoms with Gasteiger partial charge in [0.2, 0.25) is 0 Å². The summed E-state index contributed by atoms with van der Waals surface area (Å²) in [4.78, 5) is 6.68. The van der Waals surface area contributed by atoms with Crippen LogP contribution < -0.4 is 4.90 Å². The summed E-state index contributed by atoms with van der Waals surface area (Å²) in [7, 11) is 0. The third kappa shape index (κ3) is 3.76. The minimum Gasteiger partial charge on any atom is -0.380 e. The molecular weight excluding hydrogens is 268 g/mol. The molecule has 1 heterocycles. The van der Waals surface area contributed by atoms with Crippen molar-refractivity contribution in [3.05, 3.63) is 22.3 Å². The predicted molar refractivity (Wildman–Crippen MR) is 71.1 cm³/mol. The Morgan fingerprint density at radius 2 is 2.19 bits per heavy atom. The summed E-state index contributed by atoms with van der Waals surface area (Å²) in [6, 6.07) is 2.09. The highest BCUT2D eigenvalue weighted by Crippen LogP contribution is 2.20. The van der Waals surface area contributed by atoms with Crippen LogP contribution in [0.15, 0.2) is 16.7 Å². The molecule has 0 aliphatic carbocycles. The number of ether oxygens (including phenoxy) is 1. The zero-order chi connectivity index (χ0) is 12.0. The molecule has 4 heteroatoms. The first-order valence-corrected chi connectivity index (χ1v) is 6.43. The standard InChI is InChI=1S/C12H19BrN2O/c1-4-15(6-7-16-5-2)12-10(3)8-11(13)9-14-12/h8-9H,4-7H2,1-3H3. The van der Waals surface area contributed by atoms with Gasteiger partial charge >= 0.3 is 0 Å². The molecule has 1 aromatic rings. The number of rotatable bonds is 6. The summed E-state index contributed by atoms with van der Waals surface area (Å²) in [5.41, 5.74) is 1.19. The van der Waals surface area contributed by atoms with E-state index >= 15 is 0 Å². The average molecular weight is 287 g/mol. The van der Waals surface area contributed by atoms with Crippen LogP contribution >= 0.6 is 15.9 Å². The number of hydrogen-bond donors (Lipinski definition) is 0. The van der Waals surface area contributed by atoms with Crippen LogP contribution in [0, 0.1) is 6.92 Å². The minimum absolute atomic E-state index is 0.752. The third-order valence-corrected chi connectivity index (χ3v) is 2.84. The highest BCUT2D eigenvalue weighted by atomic mass is 79.9. The first-order valence-electron chi connectivity index (χ1n) is 5.63. The monoisotopic (exact) mass is 286 g/mol. The van der Waals surface area contributed by atoms with E-state index < -0.39 is 0 Å². The van der Waals surface area contributed by atoms with Gasteiger partial charge in [-0.25, -0.2) is 4.98 Å². The Labute approximate surface area is 106 Å². The lowest BCUT2D eigenvalue weighted by Crippen LogP contribution is -2.28. The van der Waals surface area contributed by atoms with Gasteiger partial charge in [0.05, 0.1) is 6.61 Å². The van der Waals surface area contributed by atoms with Crippen molar-refractivity contribution in [1.82, 2.24) is 4.98 Å². The summed E-state index contributed by atoms with van der Waals surface area (Å²) in [6.45, 7) is 9.58. The molecule has 0 unspecified atom stereocenters. The maximum atomic E-state index is 5.37. The van der Waals surface area contributed by atoms with Gasteiger partial charge in [0.25, 0.3) is 0 Å². The van der Waals surface area contributed by atoms with E-state index in [0.29, 0.717) is 0 Å². The fraction of sp³-hybridized carbons (Fsp3) is 0.583. The summed E-state index contributed by atoms with van der Waals surface area (Å²) in [5.74, 6) is 1.05. The maximum Gasteiger partial charge on any atom is 0.131 e. The Kier molecular flexibility index (Phi) is 5.77. The van der Waals surface area contributed by atoms with E-state index in [9.17, 15) is 0 Å². The van der Waals surface area contributed by atoms with Crippen molar-refractivity contribution < 1.29 is 4.74 Å². The second-order valence-corrected chi connectivity index (χ2v) is 4.49. The molecular formula is C12H19BrN2O. The van der Waals surface area contributed by atoms with Crippen LogP contribution in [0.4, 0.5) is 5.82 Å². The third-order valence-electron chi connectivity index (χ3n) is 2.41. The first-order chi connectivity index (χ1) is 7.69. The van der Waals surface area contributed by atoms with E-state index in [1.165, 1.54) is 5.56 Å². The first kappa shape index (κ1) is 13.5. The van der Waals surface area contributed by atoms with Crippen molar-refractivity contribution in [2.45, 2.75) is 20.8 Å².